The van der Waals surface area contributed by atoms with Crippen molar-refractivity contribution >= 4 is 23.4 Å². The lowest BCUT2D eigenvalue weighted by molar-refractivity contribution is -0.0696. The van der Waals surface area contributed by atoms with Crippen molar-refractivity contribution in [3.8, 4) is 0 Å². The number of hydroxylamine groups is 2. The van der Waals surface area contributed by atoms with Gasteiger partial charge in [0.25, 0.3) is 0 Å². The summed E-state index contributed by atoms with van der Waals surface area (Å²) in [7, 11) is 1.49. The van der Waals surface area contributed by atoms with E-state index in [2.05, 4.69) is 11.4 Å². The molecule has 0 radical (unpaired) electrons. The molecule has 0 aromatic heterocycles. The predicted octanol–water partition coefficient (Wildman–Crippen LogP) is 4.55. The first kappa shape index (κ1) is 17.5. The summed E-state index contributed by atoms with van der Waals surface area (Å²) in [5.41, 5.74) is 3.19. The minimum absolute atomic E-state index is 0.246. The van der Waals surface area contributed by atoms with E-state index < -0.39 is 6.03 Å². The van der Waals surface area contributed by atoms with Crippen molar-refractivity contribution in [3.05, 3.63) is 65.5 Å². The van der Waals surface area contributed by atoms with Crippen molar-refractivity contribution in [2.45, 2.75) is 29.2 Å². The highest BCUT2D eigenvalue weighted by Gasteiger charge is 2.34. The van der Waals surface area contributed by atoms with Crippen molar-refractivity contribution < 1.29 is 14.4 Å². The molecule has 0 fully saturated rings. The van der Waals surface area contributed by atoms with E-state index >= 15 is 0 Å². The van der Waals surface area contributed by atoms with Crippen LogP contribution in [0.2, 0.25) is 0 Å². The zero-order valence-corrected chi connectivity index (χ0v) is 14.8. The number of carbonyl (C=O) groups is 1. The maximum Gasteiger partial charge on any atom is 0.341 e. The van der Waals surface area contributed by atoms with Crippen molar-refractivity contribution in [1.29, 1.82) is 0 Å². The lowest BCUT2D eigenvalue weighted by Crippen LogP contribution is -2.46. The van der Waals surface area contributed by atoms with Crippen LogP contribution in [0.15, 0.2) is 63.9 Å². The molecule has 3 rings (SSSR count). The SMILES string of the molecule is CNC(=O)N(O)C1CC(c2cccc(Sc3ccc(F)cc3)c2)=C1C. The molecule has 130 valence electrons. The number of nitrogens with zero attached hydrogens (tertiary/aromatic N) is 1. The zero-order chi connectivity index (χ0) is 18.0. The highest BCUT2D eigenvalue weighted by atomic mass is 32.2. The maximum absolute atomic E-state index is 13.0. The van der Waals surface area contributed by atoms with Crippen LogP contribution in [0.4, 0.5) is 9.18 Å². The van der Waals surface area contributed by atoms with Gasteiger partial charge in [-0.25, -0.2) is 9.18 Å². The molecule has 0 spiro atoms. The minimum atomic E-state index is -0.510. The van der Waals surface area contributed by atoms with Gasteiger partial charge in [-0.2, -0.15) is 5.06 Å². The minimum Gasteiger partial charge on any atom is -0.339 e. The number of carbonyl (C=O) groups excluding carboxylic acids is 1. The summed E-state index contributed by atoms with van der Waals surface area (Å²) in [5.74, 6) is -0.246. The van der Waals surface area contributed by atoms with Gasteiger partial charge in [-0.3, -0.25) is 5.21 Å². The van der Waals surface area contributed by atoms with E-state index in [1.807, 2.05) is 25.1 Å². The third-order valence-electron chi connectivity index (χ3n) is 4.32. The molecule has 2 amide bonds. The number of nitrogens with one attached hydrogen (secondary N) is 1. The first-order valence-corrected chi connectivity index (χ1v) is 8.74. The molecule has 1 aliphatic carbocycles. The number of urea groups is 1. The van der Waals surface area contributed by atoms with E-state index in [1.165, 1.54) is 19.2 Å². The first-order chi connectivity index (χ1) is 12.0. The lowest BCUT2D eigenvalue weighted by Gasteiger charge is -2.36. The summed E-state index contributed by atoms with van der Waals surface area (Å²) in [5, 5.41) is 13.1. The first-order valence-electron chi connectivity index (χ1n) is 7.93. The molecule has 0 heterocycles. The van der Waals surface area contributed by atoms with Crippen LogP contribution in [-0.2, 0) is 0 Å². The Morgan fingerprint density at radius 1 is 1.24 bits per heavy atom. The fourth-order valence-corrected chi connectivity index (χ4v) is 3.71. The smallest absolute Gasteiger partial charge is 0.339 e. The van der Waals surface area contributed by atoms with E-state index in [-0.39, 0.29) is 11.9 Å². The molecular weight excluding hydrogens is 339 g/mol. The Morgan fingerprint density at radius 3 is 2.60 bits per heavy atom. The van der Waals surface area contributed by atoms with Gasteiger partial charge in [0.2, 0.25) is 0 Å². The summed E-state index contributed by atoms with van der Waals surface area (Å²) < 4.78 is 13.0. The Labute approximate surface area is 150 Å². The predicted molar refractivity (Wildman–Crippen MR) is 96.0 cm³/mol. The van der Waals surface area contributed by atoms with Crippen molar-refractivity contribution in [2.75, 3.05) is 7.05 Å². The Bertz CT molecular complexity index is 820. The van der Waals surface area contributed by atoms with Gasteiger partial charge in [0, 0.05) is 16.8 Å². The number of benzene rings is 2. The molecule has 0 saturated carbocycles. The molecule has 0 aliphatic heterocycles. The molecule has 0 bridgehead atoms. The van der Waals surface area contributed by atoms with Gasteiger partial charge in [-0.05, 0) is 66.5 Å². The van der Waals surface area contributed by atoms with Gasteiger partial charge in [0.05, 0.1) is 6.04 Å². The van der Waals surface area contributed by atoms with Gasteiger partial charge < -0.3 is 5.32 Å². The molecule has 1 unspecified atom stereocenters. The van der Waals surface area contributed by atoms with E-state index in [4.69, 9.17) is 0 Å². The van der Waals surface area contributed by atoms with Crippen LogP contribution < -0.4 is 5.32 Å². The van der Waals surface area contributed by atoms with E-state index in [9.17, 15) is 14.4 Å². The number of hydrogen-bond donors (Lipinski definition) is 2. The average molecular weight is 358 g/mol. The standard InChI is InChI=1S/C19H19FN2O2S/c1-12-17(11-18(12)22(24)19(23)21-2)13-4-3-5-16(10-13)25-15-8-6-14(20)7-9-15/h3-10,18,24H,11H2,1-2H3,(H,21,23). The monoisotopic (exact) mass is 358 g/mol. The topological polar surface area (TPSA) is 52.6 Å². The molecule has 4 nitrogen and oxygen atoms in total. The quantitative estimate of drug-likeness (QED) is 0.623. The number of halogens is 1. The second-order valence-electron chi connectivity index (χ2n) is 5.87. The second kappa shape index (κ2) is 7.29. The fourth-order valence-electron chi connectivity index (χ4n) is 2.83. The summed E-state index contributed by atoms with van der Waals surface area (Å²) in [6.45, 7) is 1.93. The maximum atomic E-state index is 13.0. The van der Waals surface area contributed by atoms with Gasteiger partial charge in [0.15, 0.2) is 0 Å². The summed E-state index contributed by atoms with van der Waals surface area (Å²) in [6, 6.07) is 13.7. The Balaban J connectivity index is 1.77. The zero-order valence-electron chi connectivity index (χ0n) is 14.0. The largest absolute Gasteiger partial charge is 0.341 e. The van der Waals surface area contributed by atoms with Gasteiger partial charge >= 0.3 is 6.03 Å². The van der Waals surface area contributed by atoms with Crippen LogP contribution in [0, 0.1) is 5.82 Å². The molecule has 1 aliphatic rings. The van der Waals surface area contributed by atoms with Crippen LogP contribution in [0.1, 0.15) is 18.9 Å². The molecular formula is C19H19FN2O2S. The van der Waals surface area contributed by atoms with Gasteiger partial charge in [-0.15, -0.1) is 0 Å². The molecule has 2 aromatic rings. The van der Waals surface area contributed by atoms with E-state index in [1.54, 1.807) is 23.9 Å². The Hall–Kier alpha value is -2.31. The third-order valence-corrected chi connectivity index (χ3v) is 5.32. The van der Waals surface area contributed by atoms with Crippen molar-refractivity contribution in [1.82, 2.24) is 10.4 Å². The highest BCUT2D eigenvalue weighted by Crippen LogP contribution is 2.40. The molecule has 6 heteroatoms. The molecule has 2 aromatic carbocycles. The van der Waals surface area contributed by atoms with E-state index in [0.29, 0.717) is 6.42 Å². The van der Waals surface area contributed by atoms with Gasteiger partial charge in [-0.1, -0.05) is 23.9 Å². The normalized spacial score (nSPS) is 16.4. The van der Waals surface area contributed by atoms with Crippen LogP contribution >= 0.6 is 11.8 Å². The Morgan fingerprint density at radius 2 is 1.96 bits per heavy atom. The molecule has 2 N–H and O–H groups in total. The summed E-state index contributed by atoms with van der Waals surface area (Å²) in [4.78, 5) is 13.6. The third kappa shape index (κ3) is 3.70. The van der Waals surface area contributed by atoms with Crippen LogP contribution in [-0.4, -0.2) is 29.4 Å². The molecule has 25 heavy (non-hydrogen) atoms. The average Bonchev–Trinajstić information content (AvgIpc) is 2.62. The van der Waals surface area contributed by atoms with Crippen LogP contribution in [0.25, 0.3) is 5.57 Å². The molecule has 1 atom stereocenters. The number of rotatable bonds is 4. The van der Waals surface area contributed by atoms with E-state index in [0.717, 1.165) is 31.6 Å². The van der Waals surface area contributed by atoms with Crippen molar-refractivity contribution in [2.24, 2.45) is 0 Å². The highest BCUT2D eigenvalue weighted by molar-refractivity contribution is 7.99. The Kier molecular flexibility index (Phi) is 5.11. The van der Waals surface area contributed by atoms with Crippen LogP contribution in [0.5, 0.6) is 0 Å². The summed E-state index contributed by atoms with van der Waals surface area (Å²) in [6.07, 6.45) is 0.612. The van der Waals surface area contributed by atoms with Crippen molar-refractivity contribution in [3.63, 3.8) is 0 Å². The fraction of sp³-hybridized carbons (Fsp3) is 0.211. The summed E-state index contributed by atoms with van der Waals surface area (Å²) >= 11 is 1.57. The van der Waals surface area contributed by atoms with Crippen LogP contribution in [0.3, 0.4) is 0 Å². The lowest BCUT2D eigenvalue weighted by atomic mass is 9.80. The number of hydrogen-bond acceptors (Lipinski definition) is 3. The number of amides is 2. The van der Waals surface area contributed by atoms with Gasteiger partial charge in [0.1, 0.15) is 5.82 Å². The second-order valence-corrected chi connectivity index (χ2v) is 7.01. The molecule has 0 saturated heterocycles.